The fourth-order valence-corrected chi connectivity index (χ4v) is 2.80. The van der Waals surface area contributed by atoms with Gasteiger partial charge >= 0.3 is 6.18 Å². The smallest absolute Gasteiger partial charge is 0.324 e. The van der Waals surface area contributed by atoms with Gasteiger partial charge in [-0.1, -0.05) is 44.0 Å². The lowest BCUT2D eigenvalue weighted by atomic mass is 10.1. The molecule has 1 aromatic carbocycles. The monoisotopic (exact) mass is 381 g/mol. The molecule has 2 rings (SSSR count). The first kappa shape index (κ1) is 20.7. The van der Waals surface area contributed by atoms with E-state index >= 15 is 0 Å². The number of aryl methyl sites for hydroxylation is 1. The third-order valence-electron chi connectivity index (χ3n) is 4.05. The van der Waals surface area contributed by atoms with E-state index in [1.165, 1.54) is 16.8 Å². The van der Waals surface area contributed by atoms with Crippen molar-refractivity contribution in [3.63, 3.8) is 0 Å². The van der Waals surface area contributed by atoms with Crippen LogP contribution in [0.1, 0.15) is 36.7 Å². The van der Waals surface area contributed by atoms with Crippen LogP contribution in [-0.4, -0.2) is 39.9 Å². The Bertz CT molecular complexity index is 875. The predicted octanol–water partition coefficient (Wildman–Crippen LogP) is 3.78. The minimum Gasteiger partial charge on any atom is -0.324 e. The number of unbranched alkanes of at least 4 members (excludes halogenated alkanes) is 2. The second-order valence-electron chi connectivity index (χ2n) is 6.22. The summed E-state index contributed by atoms with van der Waals surface area (Å²) in [6.45, 7) is 4.04. The van der Waals surface area contributed by atoms with Crippen LogP contribution in [0.3, 0.4) is 0 Å². The van der Waals surface area contributed by atoms with Crippen LogP contribution < -0.4 is 5.56 Å². The maximum Gasteiger partial charge on any atom is 0.406 e. The van der Waals surface area contributed by atoms with Crippen molar-refractivity contribution in [3.8, 4) is 0 Å². The Morgan fingerprint density at radius 2 is 1.93 bits per heavy atom. The molecule has 0 fully saturated rings. The zero-order valence-electron chi connectivity index (χ0n) is 15.1. The first-order chi connectivity index (χ1) is 12.8. The van der Waals surface area contributed by atoms with E-state index in [0.717, 1.165) is 12.8 Å². The Kier molecular flexibility index (Phi) is 6.76. The second kappa shape index (κ2) is 8.83. The number of rotatable bonds is 8. The predicted molar refractivity (Wildman–Crippen MR) is 97.7 cm³/mol. The van der Waals surface area contributed by atoms with Gasteiger partial charge < -0.3 is 4.90 Å². The highest BCUT2D eigenvalue weighted by Crippen LogP contribution is 2.20. The molecule has 5 nitrogen and oxygen atoms in total. The number of carbonyl (C=O) groups excluding carboxylic acids is 1. The molecule has 0 aliphatic carbocycles. The number of carbonyl (C=O) groups is 1. The maximum atomic E-state index is 12.9. The van der Waals surface area contributed by atoms with Gasteiger partial charge in [0.05, 0.1) is 5.39 Å². The Labute approximate surface area is 155 Å². The van der Waals surface area contributed by atoms with Crippen molar-refractivity contribution in [1.82, 2.24) is 14.7 Å². The van der Waals surface area contributed by atoms with Gasteiger partial charge in [0.15, 0.2) is 5.69 Å². The van der Waals surface area contributed by atoms with E-state index in [1.807, 2.05) is 6.92 Å². The van der Waals surface area contributed by atoms with Crippen LogP contribution in [-0.2, 0) is 6.54 Å². The van der Waals surface area contributed by atoms with Crippen LogP contribution in [0, 0.1) is 0 Å². The standard InChI is InChI=1S/C19H22F3N3O2/c1-3-5-8-12-25-17(26)15-10-7-6-9-14(15)16(23-25)18(27)24(11-4-2)13-19(20,21)22/h4,6-7,9-10H,2-3,5,8,11-13H2,1H3. The van der Waals surface area contributed by atoms with E-state index in [9.17, 15) is 22.8 Å². The van der Waals surface area contributed by atoms with Crippen molar-refractivity contribution in [1.29, 1.82) is 0 Å². The van der Waals surface area contributed by atoms with Crippen LogP contribution in [0.5, 0.6) is 0 Å². The number of hydrogen-bond donors (Lipinski definition) is 0. The Hall–Kier alpha value is -2.64. The molecule has 0 spiro atoms. The summed E-state index contributed by atoms with van der Waals surface area (Å²) in [4.78, 5) is 26.0. The van der Waals surface area contributed by atoms with Crippen molar-refractivity contribution < 1.29 is 18.0 Å². The molecule has 8 heteroatoms. The van der Waals surface area contributed by atoms with Gasteiger partial charge in [0, 0.05) is 18.5 Å². The Morgan fingerprint density at radius 1 is 1.26 bits per heavy atom. The van der Waals surface area contributed by atoms with Gasteiger partial charge in [-0.2, -0.15) is 18.3 Å². The molecule has 0 radical (unpaired) electrons. The number of amides is 1. The molecule has 0 atom stereocenters. The number of nitrogens with zero attached hydrogens (tertiary/aromatic N) is 3. The van der Waals surface area contributed by atoms with Crippen LogP contribution in [0.15, 0.2) is 41.7 Å². The minimum absolute atomic E-state index is 0.159. The highest BCUT2D eigenvalue weighted by atomic mass is 19.4. The summed E-state index contributed by atoms with van der Waals surface area (Å²) in [5.74, 6) is -0.882. The lowest BCUT2D eigenvalue weighted by Gasteiger charge is -2.23. The quantitative estimate of drug-likeness (QED) is 0.517. The molecule has 146 valence electrons. The number of alkyl halides is 3. The van der Waals surface area contributed by atoms with E-state index in [4.69, 9.17) is 0 Å². The molecule has 1 amide bonds. The van der Waals surface area contributed by atoms with Gasteiger partial charge in [0.25, 0.3) is 11.5 Å². The summed E-state index contributed by atoms with van der Waals surface area (Å²) in [7, 11) is 0. The number of aromatic nitrogens is 2. The van der Waals surface area contributed by atoms with E-state index in [-0.39, 0.29) is 28.6 Å². The molecule has 1 heterocycles. The first-order valence-corrected chi connectivity index (χ1v) is 8.75. The number of fused-ring (bicyclic) bond motifs is 1. The third kappa shape index (κ3) is 5.18. The van der Waals surface area contributed by atoms with Gasteiger partial charge in [-0.15, -0.1) is 6.58 Å². The maximum absolute atomic E-state index is 12.9. The average Bonchev–Trinajstić information content (AvgIpc) is 2.62. The average molecular weight is 381 g/mol. The minimum atomic E-state index is -4.55. The summed E-state index contributed by atoms with van der Waals surface area (Å²) in [5, 5.41) is 4.62. The summed E-state index contributed by atoms with van der Waals surface area (Å²) in [6, 6.07) is 6.33. The lowest BCUT2D eigenvalue weighted by Crippen LogP contribution is -2.40. The van der Waals surface area contributed by atoms with Crippen molar-refractivity contribution >= 4 is 16.7 Å². The molecule has 0 aliphatic rings. The summed E-state index contributed by atoms with van der Waals surface area (Å²) in [6.07, 6.45) is -0.824. The summed E-state index contributed by atoms with van der Waals surface area (Å²) < 4.78 is 39.8. The highest BCUT2D eigenvalue weighted by Gasteiger charge is 2.34. The summed E-state index contributed by atoms with van der Waals surface area (Å²) >= 11 is 0. The van der Waals surface area contributed by atoms with E-state index < -0.39 is 18.6 Å². The van der Waals surface area contributed by atoms with Crippen LogP contribution in [0.4, 0.5) is 13.2 Å². The first-order valence-electron chi connectivity index (χ1n) is 8.75. The Morgan fingerprint density at radius 3 is 2.52 bits per heavy atom. The molecular weight excluding hydrogens is 359 g/mol. The second-order valence-corrected chi connectivity index (χ2v) is 6.22. The molecule has 0 saturated heterocycles. The van der Waals surface area contributed by atoms with Crippen molar-refractivity contribution in [2.45, 2.75) is 38.9 Å². The topological polar surface area (TPSA) is 55.2 Å². The zero-order valence-corrected chi connectivity index (χ0v) is 15.1. The fourth-order valence-electron chi connectivity index (χ4n) is 2.80. The molecular formula is C19H22F3N3O2. The molecule has 0 unspecified atom stereocenters. The third-order valence-corrected chi connectivity index (χ3v) is 4.05. The number of benzene rings is 1. The largest absolute Gasteiger partial charge is 0.406 e. The highest BCUT2D eigenvalue weighted by molar-refractivity contribution is 6.04. The van der Waals surface area contributed by atoms with Gasteiger partial charge in [-0.3, -0.25) is 9.59 Å². The summed E-state index contributed by atoms with van der Waals surface area (Å²) in [5.41, 5.74) is -0.517. The van der Waals surface area contributed by atoms with Gasteiger partial charge in [0.2, 0.25) is 0 Å². The van der Waals surface area contributed by atoms with Gasteiger partial charge in [-0.25, -0.2) is 4.68 Å². The molecule has 1 aromatic heterocycles. The molecule has 27 heavy (non-hydrogen) atoms. The fraction of sp³-hybridized carbons (Fsp3) is 0.421. The molecule has 0 saturated carbocycles. The van der Waals surface area contributed by atoms with Crippen LogP contribution in [0.25, 0.3) is 10.8 Å². The van der Waals surface area contributed by atoms with Crippen LogP contribution >= 0.6 is 0 Å². The van der Waals surface area contributed by atoms with Crippen molar-refractivity contribution in [2.24, 2.45) is 0 Å². The molecule has 0 aliphatic heterocycles. The number of hydrogen-bond acceptors (Lipinski definition) is 3. The van der Waals surface area contributed by atoms with Crippen LogP contribution in [0.2, 0.25) is 0 Å². The normalized spacial score (nSPS) is 11.6. The lowest BCUT2D eigenvalue weighted by molar-refractivity contribution is -0.139. The van der Waals surface area contributed by atoms with E-state index in [2.05, 4.69) is 11.7 Å². The van der Waals surface area contributed by atoms with E-state index in [0.29, 0.717) is 17.9 Å². The SMILES string of the molecule is C=CCN(CC(F)(F)F)C(=O)c1nn(CCCCC)c(=O)c2ccccc12. The Balaban J connectivity index is 2.54. The zero-order chi connectivity index (χ0) is 20.0. The number of halogens is 3. The molecule has 0 bridgehead atoms. The molecule has 2 aromatic rings. The van der Waals surface area contributed by atoms with Crippen molar-refractivity contribution in [3.05, 3.63) is 53.0 Å². The van der Waals surface area contributed by atoms with Gasteiger partial charge in [0.1, 0.15) is 6.54 Å². The van der Waals surface area contributed by atoms with Gasteiger partial charge in [-0.05, 0) is 12.5 Å². The molecule has 0 N–H and O–H groups in total. The van der Waals surface area contributed by atoms with Crippen molar-refractivity contribution in [2.75, 3.05) is 13.1 Å². The van der Waals surface area contributed by atoms with E-state index in [1.54, 1.807) is 18.2 Å².